The first-order valence-electron chi connectivity index (χ1n) is 6.22. The van der Waals surface area contributed by atoms with Crippen LogP contribution in [0, 0.1) is 6.92 Å². The lowest BCUT2D eigenvalue weighted by molar-refractivity contribution is 0.434. The molecule has 0 amide bonds. The summed E-state index contributed by atoms with van der Waals surface area (Å²) in [4.78, 5) is 8.91. The summed E-state index contributed by atoms with van der Waals surface area (Å²) in [6.07, 6.45) is 4.09. The number of nitrogens with one attached hydrogen (secondary N) is 1. The molecule has 3 nitrogen and oxygen atoms in total. The van der Waals surface area contributed by atoms with Gasteiger partial charge < -0.3 is 5.32 Å². The van der Waals surface area contributed by atoms with Crippen molar-refractivity contribution in [2.45, 2.75) is 52.5 Å². The first-order valence-corrected chi connectivity index (χ1v) is 6.22. The lowest BCUT2D eigenvalue weighted by Gasteiger charge is -2.22. The maximum absolute atomic E-state index is 4.52. The van der Waals surface area contributed by atoms with E-state index in [9.17, 15) is 0 Å². The van der Waals surface area contributed by atoms with Gasteiger partial charge in [0, 0.05) is 23.9 Å². The Labute approximate surface area is 98.7 Å². The summed E-state index contributed by atoms with van der Waals surface area (Å²) in [5.41, 5.74) is 1.05. The van der Waals surface area contributed by atoms with Gasteiger partial charge in [0.1, 0.15) is 5.82 Å². The molecule has 90 valence electrons. The second-order valence-electron chi connectivity index (χ2n) is 4.31. The molecular weight excluding hydrogens is 198 g/mol. The zero-order valence-electron chi connectivity index (χ0n) is 10.8. The van der Waals surface area contributed by atoms with Gasteiger partial charge in [0.2, 0.25) is 0 Å². The molecule has 0 fully saturated rings. The normalized spacial score (nSPS) is 14.8. The third-order valence-corrected chi connectivity index (χ3v) is 2.90. The Hall–Kier alpha value is -0.960. The second-order valence-corrected chi connectivity index (χ2v) is 4.31. The first kappa shape index (κ1) is 13.1. The third kappa shape index (κ3) is 3.56. The maximum Gasteiger partial charge on any atom is 0.133 e. The molecule has 0 saturated heterocycles. The summed E-state index contributed by atoms with van der Waals surface area (Å²) in [5.74, 6) is 1.38. The molecule has 0 aliphatic rings. The minimum absolute atomic E-state index is 0.409. The van der Waals surface area contributed by atoms with Crippen LogP contribution >= 0.6 is 0 Å². The minimum Gasteiger partial charge on any atom is -0.314 e. The lowest BCUT2D eigenvalue weighted by Crippen LogP contribution is -2.33. The maximum atomic E-state index is 4.52. The average molecular weight is 221 g/mol. The predicted molar refractivity (Wildman–Crippen MR) is 67.6 cm³/mol. The van der Waals surface area contributed by atoms with E-state index in [0.29, 0.717) is 12.0 Å². The van der Waals surface area contributed by atoms with Gasteiger partial charge in [0.25, 0.3) is 0 Å². The van der Waals surface area contributed by atoms with E-state index in [-0.39, 0.29) is 0 Å². The van der Waals surface area contributed by atoms with E-state index in [1.165, 1.54) is 0 Å². The number of aryl methyl sites for hydroxylation is 1. The highest BCUT2D eigenvalue weighted by molar-refractivity contribution is 5.06. The fourth-order valence-corrected chi connectivity index (χ4v) is 1.92. The van der Waals surface area contributed by atoms with Crippen LogP contribution in [0.3, 0.4) is 0 Å². The largest absolute Gasteiger partial charge is 0.314 e. The molecule has 1 heterocycles. The van der Waals surface area contributed by atoms with Crippen LogP contribution in [0.2, 0.25) is 0 Å². The van der Waals surface area contributed by atoms with Crippen molar-refractivity contribution >= 4 is 0 Å². The molecule has 0 aromatic carbocycles. The van der Waals surface area contributed by atoms with E-state index in [1.807, 2.05) is 19.2 Å². The molecule has 1 rings (SSSR count). The SMILES string of the molecule is CCCNC(C)C(CC)c1nccc(C)n1. The van der Waals surface area contributed by atoms with Crippen LogP contribution < -0.4 is 5.32 Å². The van der Waals surface area contributed by atoms with Crippen LogP contribution in [0.25, 0.3) is 0 Å². The van der Waals surface area contributed by atoms with Gasteiger partial charge in [-0.2, -0.15) is 0 Å². The molecule has 0 radical (unpaired) electrons. The molecule has 1 N–H and O–H groups in total. The Balaban J connectivity index is 2.73. The van der Waals surface area contributed by atoms with Crippen LogP contribution in [-0.4, -0.2) is 22.6 Å². The molecule has 0 aliphatic heterocycles. The summed E-state index contributed by atoms with van der Waals surface area (Å²) in [6, 6.07) is 2.38. The van der Waals surface area contributed by atoms with E-state index in [0.717, 1.165) is 30.9 Å². The zero-order chi connectivity index (χ0) is 12.0. The Morgan fingerprint density at radius 3 is 2.69 bits per heavy atom. The summed E-state index contributed by atoms with van der Waals surface area (Å²) in [7, 11) is 0. The molecule has 1 aromatic rings. The Morgan fingerprint density at radius 1 is 1.38 bits per heavy atom. The number of hydrogen-bond donors (Lipinski definition) is 1. The highest BCUT2D eigenvalue weighted by Crippen LogP contribution is 2.19. The molecule has 3 heteroatoms. The van der Waals surface area contributed by atoms with E-state index in [4.69, 9.17) is 0 Å². The molecular formula is C13H23N3. The van der Waals surface area contributed by atoms with E-state index >= 15 is 0 Å². The third-order valence-electron chi connectivity index (χ3n) is 2.90. The average Bonchev–Trinajstić information content (AvgIpc) is 2.27. The Morgan fingerprint density at radius 2 is 2.12 bits per heavy atom. The molecule has 2 atom stereocenters. The van der Waals surface area contributed by atoms with Gasteiger partial charge in [-0.1, -0.05) is 13.8 Å². The highest BCUT2D eigenvalue weighted by atomic mass is 14.9. The Bertz CT molecular complexity index is 312. The van der Waals surface area contributed by atoms with Crippen molar-refractivity contribution in [2.75, 3.05) is 6.54 Å². The second kappa shape index (κ2) is 6.59. The monoisotopic (exact) mass is 221 g/mol. The zero-order valence-corrected chi connectivity index (χ0v) is 10.8. The van der Waals surface area contributed by atoms with Gasteiger partial charge in [-0.05, 0) is 39.3 Å². The summed E-state index contributed by atoms with van der Waals surface area (Å²) >= 11 is 0. The number of hydrogen-bond acceptors (Lipinski definition) is 3. The summed E-state index contributed by atoms with van der Waals surface area (Å²) in [5, 5.41) is 3.52. The topological polar surface area (TPSA) is 37.8 Å². The molecule has 0 saturated carbocycles. The van der Waals surface area contributed by atoms with E-state index < -0.39 is 0 Å². The van der Waals surface area contributed by atoms with E-state index in [2.05, 4.69) is 36.1 Å². The van der Waals surface area contributed by atoms with Gasteiger partial charge in [0.05, 0.1) is 0 Å². The lowest BCUT2D eigenvalue weighted by atomic mass is 9.97. The van der Waals surface area contributed by atoms with Crippen molar-refractivity contribution in [2.24, 2.45) is 0 Å². The fourth-order valence-electron chi connectivity index (χ4n) is 1.92. The quantitative estimate of drug-likeness (QED) is 0.802. The van der Waals surface area contributed by atoms with Crippen molar-refractivity contribution < 1.29 is 0 Å². The van der Waals surface area contributed by atoms with Crippen LogP contribution in [0.5, 0.6) is 0 Å². The van der Waals surface area contributed by atoms with Gasteiger partial charge in [-0.15, -0.1) is 0 Å². The van der Waals surface area contributed by atoms with Crippen LogP contribution in [0.15, 0.2) is 12.3 Å². The molecule has 0 spiro atoms. The van der Waals surface area contributed by atoms with Crippen LogP contribution in [-0.2, 0) is 0 Å². The van der Waals surface area contributed by atoms with Gasteiger partial charge in [0.15, 0.2) is 0 Å². The van der Waals surface area contributed by atoms with Gasteiger partial charge in [-0.3, -0.25) is 0 Å². The molecule has 2 unspecified atom stereocenters. The number of nitrogens with zero attached hydrogens (tertiary/aromatic N) is 2. The predicted octanol–water partition coefficient (Wildman–Crippen LogP) is 2.67. The van der Waals surface area contributed by atoms with Crippen molar-refractivity contribution in [3.63, 3.8) is 0 Å². The highest BCUT2D eigenvalue weighted by Gasteiger charge is 2.19. The van der Waals surface area contributed by atoms with E-state index in [1.54, 1.807) is 0 Å². The Kier molecular flexibility index (Phi) is 5.39. The smallest absolute Gasteiger partial charge is 0.133 e. The number of aromatic nitrogens is 2. The van der Waals surface area contributed by atoms with Gasteiger partial charge >= 0.3 is 0 Å². The number of rotatable bonds is 6. The van der Waals surface area contributed by atoms with Crippen molar-refractivity contribution in [1.29, 1.82) is 0 Å². The van der Waals surface area contributed by atoms with Gasteiger partial charge in [-0.25, -0.2) is 9.97 Å². The minimum atomic E-state index is 0.409. The van der Waals surface area contributed by atoms with Crippen molar-refractivity contribution in [3.05, 3.63) is 23.8 Å². The van der Waals surface area contributed by atoms with Crippen LogP contribution in [0.1, 0.15) is 51.0 Å². The fraction of sp³-hybridized carbons (Fsp3) is 0.692. The molecule has 1 aromatic heterocycles. The standard InChI is InChI=1S/C13H23N3/c1-5-8-14-11(4)12(6-2)13-15-9-7-10(3)16-13/h7,9,11-12,14H,5-6,8H2,1-4H3. The molecule has 0 bridgehead atoms. The first-order chi connectivity index (χ1) is 7.69. The molecule has 0 aliphatic carbocycles. The van der Waals surface area contributed by atoms with Crippen molar-refractivity contribution in [1.82, 2.24) is 15.3 Å². The summed E-state index contributed by atoms with van der Waals surface area (Å²) < 4.78 is 0. The van der Waals surface area contributed by atoms with Crippen LogP contribution in [0.4, 0.5) is 0 Å². The summed E-state index contributed by atoms with van der Waals surface area (Å²) in [6.45, 7) is 9.67. The van der Waals surface area contributed by atoms with Crippen molar-refractivity contribution in [3.8, 4) is 0 Å². The molecule has 16 heavy (non-hydrogen) atoms.